The van der Waals surface area contributed by atoms with Crippen LogP contribution in [-0.2, 0) is 11.3 Å². The summed E-state index contributed by atoms with van der Waals surface area (Å²) in [5.41, 5.74) is 0.0214. The molecule has 3 aromatic rings. The number of alkyl carbamates (subject to hydrolysis) is 1. The van der Waals surface area contributed by atoms with Crippen molar-refractivity contribution in [2.45, 2.75) is 52.7 Å². The largest absolute Gasteiger partial charge is 0.473 e. The molecule has 8 nitrogen and oxygen atoms in total. The second kappa shape index (κ2) is 10.7. The number of carbonyl (C=O) groups excluding carboxylic acids is 2. The molecule has 200 valence electrons. The fourth-order valence-corrected chi connectivity index (χ4v) is 3.44. The van der Waals surface area contributed by atoms with E-state index in [0.29, 0.717) is 5.56 Å². The van der Waals surface area contributed by atoms with Crippen LogP contribution in [0.5, 0.6) is 5.88 Å². The molecule has 0 fully saturated rings. The number of hydrogen-bond donors (Lipinski definition) is 2. The molecule has 1 aromatic carbocycles. The lowest BCUT2D eigenvalue weighted by Gasteiger charge is -2.22. The van der Waals surface area contributed by atoms with Gasteiger partial charge in [-0.25, -0.2) is 22.4 Å². The summed E-state index contributed by atoms with van der Waals surface area (Å²) in [5, 5.41) is 8.40. The van der Waals surface area contributed by atoms with Crippen LogP contribution in [0, 0.1) is 25.5 Å². The minimum Gasteiger partial charge on any atom is -0.473 e. The van der Waals surface area contributed by atoms with Gasteiger partial charge in [0, 0.05) is 6.07 Å². The lowest BCUT2D eigenvalue weighted by molar-refractivity contribution is -0.00285. The molecule has 12 heteroatoms. The molecule has 0 bridgehead atoms. The second-order valence-corrected chi connectivity index (χ2v) is 9.51. The van der Waals surface area contributed by atoms with Crippen molar-refractivity contribution in [2.75, 3.05) is 13.1 Å². The average Bonchev–Trinajstić information content (AvgIpc) is 3.10. The molecule has 0 aliphatic heterocycles. The molecule has 3 rings (SSSR count). The maximum Gasteiger partial charge on any atom is 0.407 e. The van der Waals surface area contributed by atoms with Gasteiger partial charge in [0.05, 0.1) is 35.4 Å². The van der Waals surface area contributed by atoms with E-state index in [9.17, 15) is 27.2 Å². The Balaban J connectivity index is 1.74. The number of rotatable bonds is 8. The number of aryl methyl sites for hydroxylation is 2. The van der Waals surface area contributed by atoms with Gasteiger partial charge in [-0.2, -0.15) is 9.61 Å². The third-order valence-electron chi connectivity index (χ3n) is 5.07. The van der Waals surface area contributed by atoms with E-state index in [1.165, 1.54) is 17.5 Å². The average molecular weight is 525 g/mol. The number of aromatic nitrogens is 2. The molecule has 2 heterocycles. The maximum absolute atomic E-state index is 14.3. The van der Waals surface area contributed by atoms with Crippen LogP contribution >= 0.6 is 0 Å². The third kappa shape index (κ3) is 7.11. The monoisotopic (exact) mass is 524 g/mol. The molecule has 37 heavy (non-hydrogen) atoms. The van der Waals surface area contributed by atoms with Gasteiger partial charge in [-0.1, -0.05) is 6.07 Å². The first-order valence-electron chi connectivity index (χ1n) is 11.4. The number of benzene rings is 1. The Hall–Kier alpha value is -3.83. The maximum atomic E-state index is 14.3. The number of pyridine rings is 1. The molecule has 0 atom stereocenters. The zero-order valence-corrected chi connectivity index (χ0v) is 21.0. The molecule has 0 aliphatic carbocycles. The van der Waals surface area contributed by atoms with Gasteiger partial charge in [-0.15, -0.1) is 0 Å². The zero-order chi connectivity index (χ0) is 27.5. The molecule has 0 saturated heterocycles. The summed E-state index contributed by atoms with van der Waals surface area (Å²) >= 11 is 0. The number of hydrogen-bond acceptors (Lipinski definition) is 5. The van der Waals surface area contributed by atoms with Crippen LogP contribution in [0.4, 0.5) is 22.4 Å². The Bertz CT molecular complexity index is 1300. The Labute approximate surface area is 210 Å². The highest BCUT2D eigenvalue weighted by molar-refractivity contribution is 6.02. The molecule has 0 saturated carbocycles. The lowest BCUT2D eigenvalue weighted by Crippen LogP contribution is -2.46. The van der Waals surface area contributed by atoms with Crippen LogP contribution in [0.1, 0.15) is 48.0 Å². The second-order valence-electron chi connectivity index (χ2n) is 9.51. The number of fused-ring (bicyclic) bond motifs is 1. The molecule has 0 radical (unpaired) electrons. The Morgan fingerprint density at radius 3 is 2.27 bits per heavy atom. The van der Waals surface area contributed by atoms with Crippen molar-refractivity contribution in [3.05, 3.63) is 64.4 Å². The van der Waals surface area contributed by atoms with Gasteiger partial charge in [-0.05, 0) is 58.4 Å². The van der Waals surface area contributed by atoms with Crippen LogP contribution in [0.15, 0.2) is 30.3 Å². The normalized spacial score (nSPS) is 11.9. The number of nitrogens with one attached hydrogen (secondary N) is 2. The van der Waals surface area contributed by atoms with Gasteiger partial charge in [-0.3, -0.25) is 4.79 Å². The van der Waals surface area contributed by atoms with E-state index in [4.69, 9.17) is 9.47 Å². The van der Waals surface area contributed by atoms with Gasteiger partial charge in [0.2, 0.25) is 5.88 Å². The first kappa shape index (κ1) is 27.8. The van der Waals surface area contributed by atoms with Crippen molar-refractivity contribution in [2.24, 2.45) is 0 Å². The van der Waals surface area contributed by atoms with Crippen LogP contribution in [0.25, 0.3) is 5.52 Å². The number of nitrogens with zero attached hydrogens (tertiary/aromatic N) is 2. The van der Waals surface area contributed by atoms with Gasteiger partial charge in [0.25, 0.3) is 11.8 Å². The number of ether oxygens (including phenoxy) is 2. The Morgan fingerprint density at radius 1 is 1.03 bits per heavy atom. The van der Waals surface area contributed by atoms with Crippen LogP contribution in [-0.4, -0.2) is 46.2 Å². The molecule has 2 amide bonds. The van der Waals surface area contributed by atoms with Crippen molar-refractivity contribution >= 4 is 17.5 Å². The van der Waals surface area contributed by atoms with E-state index in [1.54, 1.807) is 39.8 Å². The highest BCUT2D eigenvalue weighted by Crippen LogP contribution is 2.25. The molecule has 0 unspecified atom stereocenters. The van der Waals surface area contributed by atoms with Gasteiger partial charge in [0.1, 0.15) is 23.8 Å². The van der Waals surface area contributed by atoms with Gasteiger partial charge < -0.3 is 20.1 Å². The van der Waals surface area contributed by atoms with Crippen molar-refractivity contribution in [3.8, 4) is 5.88 Å². The smallest absolute Gasteiger partial charge is 0.407 e. The molecule has 0 spiro atoms. The molecule has 2 aromatic heterocycles. The number of amides is 2. The third-order valence-corrected chi connectivity index (χ3v) is 5.07. The summed E-state index contributed by atoms with van der Waals surface area (Å²) < 4.78 is 68.4. The molecule has 2 N–H and O–H groups in total. The van der Waals surface area contributed by atoms with E-state index in [0.717, 1.165) is 12.1 Å². The summed E-state index contributed by atoms with van der Waals surface area (Å²) in [6.07, 6.45) is -1.00. The fraction of sp³-hybridized carbons (Fsp3) is 0.400. The number of halogens is 4. The van der Waals surface area contributed by atoms with Crippen molar-refractivity contribution < 1.29 is 36.6 Å². The van der Waals surface area contributed by atoms with Gasteiger partial charge in [0.15, 0.2) is 0 Å². The first-order valence-corrected chi connectivity index (χ1v) is 11.4. The zero-order valence-electron chi connectivity index (χ0n) is 21.0. The van der Waals surface area contributed by atoms with E-state index in [1.807, 2.05) is 5.32 Å². The van der Waals surface area contributed by atoms with Crippen molar-refractivity contribution in [3.63, 3.8) is 0 Å². The van der Waals surface area contributed by atoms with Crippen LogP contribution < -0.4 is 15.4 Å². The highest BCUT2D eigenvalue weighted by Gasteiger charge is 2.32. The molecule has 0 aliphatic rings. The van der Waals surface area contributed by atoms with E-state index < -0.39 is 54.9 Å². The Morgan fingerprint density at radius 2 is 1.65 bits per heavy atom. The van der Waals surface area contributed by atoms with E-state index in [2.05, 4.69) is 10.4 Å². The molecular weight excluding hydrogens is 496 g/mol. The van der Waals surface area contributed by atoms with Crippen LogP contribution in [0.3, 0.4) is 0 Å². The summed E-state index contributed by atoms with van der Waals surface area (Å²) in [7, 11) is 0. The molecular formula is C25H28F4N4O4. The van der Waals surface area contributed by atoms with Crippen LogP contribution in [0.2, 0.25) is 0 Å². The SMILES string of the molecule is Cc1cc(OCc2c(F)cccc2F)n2nc(C)c(C(=O)NCC(F)(F)CNC(=O)OC(C)(C)C)c2c1. The van der Waals surface area contributed by atoms with E-state index >= 15 is 0 Å². The summed E-state index contributed by atoms with van der Waals surface area (Å²) in [6, 6.07) is 6.61. The van der Waals surface area contributed by atoms with Crippen molar-refractivity contribution in [1.29, 1.82) is 0 Å². The summed E-state index contributed by atoms with van der Waals surface area (Å²) in [4.78, 5) is 24.5. The van der Waals surface area contributed by atoms with Crippen molar-refractivity contribution in [1.82, 2.24) is 20.2 Å². The highest BCUT2D eigenvalue weighted by atomic mass is 19.3. The predicted molar refractivity (Wildman–Crippen MR) is 127 cm³/mol. The lowest BCUT2D eigenvalue weighted by atomic mass is 10.1. The minimum atomic E-state index is -3.46. The summed E-state index contributed by atoms with van der Waals surface area (Å²) in [5.74, 6) is -5.73. The van der Waals surface area contributed by atoms with Gasteiger partial charge >= 0.3 is 6.09 Å². The minimum absolute atomic E-state index is 0.0292. The summed E-state index contributed by atoms with van der Waals surface area (Å²) in [6.45, 7) is 5.48. The fourth-order valence-electron chi connectivity index (χ4n) is 3.44. The topological polar surface area (TPSA) is 94.0 Å². The quantitative estimate of drug-likeness (QED) is 0.417. The predicted octanol–water partition coefficient (Wildman–Crippen LogP) is 4.70. The standard InChI is InChI=1S/C25H28F4N4O4/c1-14-9-19-21(22(34)30-12-25(28,29)13-31-23(35)37-24(3,4)5)15(2)32-33(19)20(10-14)36-11-16-17(26)7-6-8-18(16)27/h6-10H,11-13H2,1-5H3,(H,30,34)(H,31,35). The Kier molecular flexibility index (Phi) is 7.99. The van der Waals surface area contributed by atoms with E-state index in [-0.39, 0.29) is 28.2 Å². The number of alkyl halides is 2. The first-order chi connectivity index (χ1) is 17.2. The number of carbonyl (C=O) groups is 2.